The first-order chi connectivity index (χ1) is 17.5. The number of nitro benzene ring substituents is 1. The standard InChI is InChI=1S/C24H28N6O6/c1-35-23-16-22(28-26-18-5-9-20(10-6-18)30(33)34)24(36-2)15-21(23)27-25-17-3-7-19(8-4-17)29(11-13-31)12-14-32/h3-10,15-16,25,27,31-32H,11-14H2,1-2H3. The van der Waals surface area contributed by atoms with Crippen LogP contribution in [0, 0.1) is 10.1 Å². The average molecular weight is 497 g/mol. The number of methoxy groups -OCH3 is 2. The summed E-state index contributed by atoms with van der Waals surface area (Å²) in [5.41, 5.74) is 9.26. The van der Waals surface area contributed by atoms with Crippen LogP contribution in [0.1, 0.15) is 0 Å². The predicted octanol–water partition coefficient (Wildman–Crippen LogP) is 4.26. The molecule has 0 bridgehead atoms. The minimum atomic E-state index is -0.480. The van der Waals surface area contributed by atoms with Gasteiger partial charge in [-0.1, -0.05) is 0 Å². The highest BCUT2D eigenvalue weighted by Gasteiger charge is 2.12. The van der Waals surface area contributed by atoms with Gasteiger partial charge < -0.3 is 30.0 Å². The predicted molar refractivity (Wildman–Crippen MR) is 137 cm³/mol. The monoisotopic (exact) mass is 496 g/mol. The Morgan fingerprint density at radius 3 is 2.08 bits per heavy atom. The highest BCUT2D eigenvalue weighted by molar-refractivity contribution is 5.70. The second-order valence-electron chi connectivity index (χ2n) is 7.43. The van der Waals surface area contributed by atoms with Gasteiger partial charge in [0.05, 0.1) is 49.4 Å². The molecule has 0 fully saturated rings. The highest BCUT2D eigenvalue weighted by atomic mass is 16.6. The molecule has 0 unspecified atom stereocenters. The van der Waals surface area contributed by atoms with E-state index in [1.54, 1.807) is 12.1 Å². The third kappa shape index (κ3) is 6.81. The molecular formula is C24H28N6O6. The average Bonchev–Trinajstić information content (AvgIpc) is 2.91. The molecule has 0 amide bonds. The van der Waals surface area contributed by atoms with Gasteiger partial charge in [-0.15, -0.1) is 5.11 Å². The number of benzene rings is 3. The summed E-state index contributed by atoms with van der Waals surface area (Å²) in [6.45, 7) is 0.839. The third-order valence-corrected chi connectivity index (χ3v) is 5.15. The lowest BCUT2D eigenvalue weighted by Crippen LogP contribution is -2.29. The van der Waals surface area contributed by atoms with Gasteiger partial charge in [0.25, 0.3) is 5.69 Å². The van der Waals surface area contributed by atoms with E-state index in [9.17, 15) is 20.3 Å². The molecule has 0 aliphatic carbocycles. The van der Waals surface area contributed by atoms with Crippen molar-refractivity contribution < 1.29 is 24.6 Å². The maximum atomic E-state index is 10.8. The molecule has 0 spiro atoms. The van der Waals surface area contributed by atoms with Gasteiger partial charge in [-0.25, -0.2) is 0 Å². The summed E-state index contributed by atoms with van der Waals surface area (Å²) in [5, 5.41) is 37.6. The van der Waals surface area contributed by atoms with E-state index in [2.05, 4.69) is 21.1 Å². The second kappa shape index (κ2) is 12.9. The van der Waals surface area contributed by atoms with Crippen LogP contribution in [-0.2, 0) is 0 Å². The molecule has 3 aromatic rings. The van der Waals surface area contributed by atoms with Gasteiger partial charge >= 0.3 is 0 Å². The fourth-order valence-electron chi connectivity index (χ4n) is 3.32. The molecule has 12 heteroatoms. The van der Waals surface area contributed by atoms with Crippen molar-refractivity contribution in [2.75, 3.05) is 56.3 Å². The number of aliphatic hydroxyl groups excluding tert-OH is 2. The number of hydrogen-bond donors (Lipinski definition) is 4. The Morgan fingerprint density at radius 2 is 1.53 bits per heavy atom. The Balaban J connectivity index is 1.73. The number of nitrogens with one attached hydrogen (secondary N) is 2. The number of nitrogens with zero attached hydrogens (tertiary/aromatic N) is 4. The van der Waals surface area contributed by atoms with Crippen LogP contribution in [0.2, 0.25) is 0 Å². The topological polar surface area (TPSA) is 154 Å². The van der Waals surface area contributed by atoms with E-state index in [4.69, 9.17) is 9.47 Å². The Kier molecular flexibility index (Phi) is 9.37. The Labute approximate surface area is 207 Å². The molecule has 0 saturated heterocycles. The maximum Gasteiger partial charge on any atom is 0.269 e. The zero-order valence-electron chi connectivity index (χ0n) is 19.9. The number of nitro groups is 1. The van der Waals surface area contributed by atoms with Gasteiger partial charge in [0, 0.05) is 43.0 Å². The van der Waals surface area contributed by atoms with Crippen LogP contribution in [0.3, 0.4) is 0 Å². The smallest absolute Gasteiger partial charge is 0.269 e. The van der Waals surface area contributed by atoms with Crippen LogP contribution in [0.25, 0.3) is 0 Å². The van der Waals surface area contributed by atoms with Crippen molar-refractivity contribution in [3.05, 3.63) is 70.8 Å². The molecule has 0 radical (unpaired) electrons. The minimum absolute atomic E-state index is 0.00732. The zero-order chi connectivity index (χ0) is 25.9. The normalized spacial score (nSPS) is 10.8. The number of rotatable bonds is 13. The van der Waals surface area contributed by atoms with E-state index in [1.807, 2.05) is 29.2 Å². The lowest BCUT2D eigenvalue weighted by Gasteiger charge is -2.23. The molecular weight excluding hydrogens is 468 g/mol. The van der Waals surface area contributed by atoms with Gasteiger partial charge in [-0.3, -0.25) is 15.5 Å². The summed E-state index contributed by atoms with van der Waals surface area (Å²) in [6, 6.07) is 16.6. The van der Waals surface area contributed by atoms with Crippen molar-refractivity contribution in [2.24, 2.45) is 10.2 Å². The summed E-state index contributed by atoms with van der Waals surface area (Å²) in [7, 11) is 3.03. The summed E-state index contributed by atoms with van der Waals surface area (Å²) in [5.74, 6) is 0.916. The van der Waals surface area contributed by atoms with Gasteiger partial charge in [0.1, 0.15) is 17.2 Å². The number of hydrogen-bond acceptors (Lipinski definition) is 11. The SMILES string of the molecule is COc1cc(NNc2ccc(N(CCO)CCO)cc2)c(OC)cc1N=Nc1ccc([N+](=O)[O-])cc1. The van der Waals surface area contributed by atoms with Gasteiger partial charge in [-0.2, -0.15) is 5.11 Å². The Bertz CT molecular complexity index is 1160. The first-order valence-electron chi connectivity index (χ1n) is 11.0. The van der Waals surface area contributed by atoms with Gasteiger partial charge in [0.2, 0.25) is 0 Å². The van der Waals surface area contributed by atoms with E-state index >= 15 is 0 Å². The molecule has 3 rings (SSSR count). The summed E-state index contributed by atoms with van der Waals surface area (Å²) in [6.07, 6.45) is 0. The molecule has 4 N–H and O–H groups in total. The molecule has 0 aliphatic rings. The number of hydrazine groups is 1. The number of azo groups is 1. The van der Waals surface area contributed by atoms with Crippen LogP contribution in [0.4, 0.5) is 34.1 Å². The van der Waals surface area contributed by atoms with E-state index in [0.29, 0.717) is 41.7 Å². The summed E-state index contributed by atoms with van der Waals surface area (Å²) in [4.78, 5) is 12.2. The highest BCUT2D eigenvalue weighted by Crippen LogP contribution is 2.39. The molecule has 12 nitrogen and oxygen atoms in total. The zero-order valence-corrected chi connectivity index (χ0v) is 19.9. The second-order valence-corrected chi connectivity index (χ2v) is 7.43. The van der Waals surface area contributed by atoms with Crippen molar-refractivity contribution in [2.45, 2.75) is 0 Å². The summed E-state index contributed by atoms with van der Waals surface area (Å²) >= 11 is 0. The van der Waals surface area contributed by atoms with Crippen molar-refractivity contribution >= 4 is 34.1 Å². The number of non-ortho nitro benzene ring substituents is 1. The Hall–Kier alpha value is -4.42. The molecule has 0 atom stereocenters. The Morgan fingerprint density at radius 1 is 0.889 bits per heavy atom. The number of ether oxygens (including phenoxy) is 2. The van der Waals surface area contributed by atoms with Crippen LogP contribution in [0.15, 0.2) is 70.9 Å². The fourth-order valence-corrected chi connectivity index (χ4v) is 3.32. The minimum Gasteiger partial charge on any atom is -0.494 e. The van der Waals surface area contributed by atoms with E-state index in [0.717, 1.165) is 11.4 Å². The van der Waals surface area contributed by atoms with E-state index < -0.39 is 4.92 Å². The van der Waals surface area contributed by atoms with Crippen molar-refractivity contribution in [1.29, 1.82) is 0 Å². The van der Waals surface area contributed by atoms with E-state index in [1.165, 1.54) is 38.5 Å². The first-order valence-corrected chi connectivity index (χ1v) is 11.0. The number of aliphatic hydroxyl groups is 2. The fraction of sp³-hybridized carbons (Fsp3) is 0.250. The lowest BCUT2D eigenvalue weighted by atomic mass is 10.2. The molecule has 0 saturated carbocycles. The molecule has 3 aromatic carbocycles. The molecule has 36 heavy (non-hydrogen) atoms. The quantitative estimate of drug-likeness (QED) is 0.154. The largest absolute Gasteiger partial charge is 0.494 e. The van der Waals surface area contributed by atoms with Crippen molar-refractivity contribution in [3.63, 3.8) is 0 Å². The van der Waals surface area contributed by atoms with Crippen LogP contribution in [0.5, 0.6) is 11.5 Å². The molecule has 0 aliphatic heterocycles. The van der Waals surface area contributed by atoms with Gasteiger partial charge in [0.15, 0.2) is 0 Å². The number of anilines is 3. The van der Waals surface area contributed by atoms with Crippen molar-refractivity contribution in [1.82, 2.24) is 0 Å². The van der Waals surface area contributed by atoms with Crippen molar-refractivity contribution in [3.8, 4) is 11.5 Å². The van der Waals surface area contributed by atoms with Gasteiger partial charge in [-0.05, 0) is 36.4 Å². The van der Waals surface area contributed by atoms with Crippen LogP contribution in [-0.4, -0.2) is 55.7 Å². The van der Waals surface area contributed by atoms with Crippen LogP contribution >= 0.6 is 0 Å². The third-order valence-electron chi connectivity index (χ3n) is 5.15. The lowest BCUT2D eigenvalue weighted by molar-refractivity contribution is -0.384. The molecule has 0 heterocycles. The first kappa shape index (κ1) is 26.2. The van der Waals surface area contributed by atoms with Crippen LogP contribution < -0.4 is 25.2 Å². The molecule has 0 aromatic heterocycles. The maximum absolute atomic E-state index is 10.8. The van der Waals surface area contributed by atoms with E-state index in [-0.39, 0.29) is 18.9 Å². The molecule has 190 valence electrons. The summed E-state index contributed by atoms with van der Waals surface area (Å²) < 4.78 is 10.9.